The Morgan fingerprint density at radius 3 is 1.77 bits per heavy atom. The Labute approximate surface area is 179 Å². The second-order valence-corrected chi connectivity index (χ2v) is 6.66. The summed E-state index contributed by atoms with van der Waals surface area (Å²) in [6.07, 6.45) is -5.30. The molecular formula is C21H28O10. The molecule has 10 nitrogen and oxygen atoms in total. The summed E-state index contributed by atoms with van der Waals surface area (Å²) in [5.74, 6) is 0.287. The van der Waals surface area contributed by atoms with E-state index in [0.29, 0.717) is 5.56 Å². The molecule has 0 aromatic heterocycles. The van der Waals surface area contributed by atoms with Gasteiger partial charge in [0.1, 0.15) is 18.3 Å². The highest BCUT2D eigenvalue weighted by molar-refractivity contribution is 5.54. The molecule has 2 aromatic rings. The number of benzene rings is 2. The van der Waals surface area contributed by atoms with E-state index in [1.807, 2.05) is 0 Å². The van der Waals surface area contributed by atoms with Gasteiger partial charge in [-0.25, -0.2) is 0 Å². The fourth-order valence-corrected chi connectivity index (χ4v) is 2.95. The molecule has 2 rings (SSSR count). The van der Waals surface area contributed by atoms with Crippen LogP contribution in [0.5, 0.6) is 28.7 Å². The molecule has 172 valence electrons. The van der Waals surface area contributed by atoms with Crippen molar-refractivity contribution >= 4 is 0 Å². The van der Waals surface area contributed by atoms with Gasteiger partial charge >= 0.3 is 0 Å². The van der Waals surface area contributed by atoms with Gasteiger partial charge < -0.3 is 49.6 Å². The van der Waals surface area contributed by atoms with Crippen LogP contribution in [0.25, 0.3) is 0 Å². The van der Waals surface area contributed by atoms with Crippen molar-refractivity contribution in [1.82, 2.24) is 0 Å². The smallest absolute Gasteiger partial charge is 0.204 e. The van der Waals surface area contributed by atoms with E-state index in [4.69, 9.17) is 24.1 Å². The molecule has 10 heteroatoms. The third kappa shape index (κ3) is 5.49. The number of phenolic OH excluding ortho intramolecular Hbond substituents is 1. The molecule has 0 aliphatic heterocycles. The molecule has 0 heterocycles. The summed E-state index contributed by atoms with van der Waals surface area (Å²) in [5, 5.41) is 59.3. The monoisotopic (exact) mass is 440 g/mol. The Morgan fingerprint density at radius 1 is 0.742 bits per heavy atom. The highest BCUT2D eigenvalue weighted by Gasteiger charge is 2.28. The van der Waals surface area contributed by atoms with Crippen molar-refractivity contribution in [3.8, 4) is 28.7 Å². The van der Waals surface area contributed by atoms with Gasteiger partial charge in [-0.2, -0.15) is 0 Å². The van der Waals surface area contributed by atoms with Crippen LogP contribution in [0.3, 0.4) is 0 Å². The molecule has 6 N–H and O–H groups in total. The second-order valence-electron chi connectivity index (χ2n) is 6.66. The van der Waals surface area contributed by atoms with Gasteiger partial charge in [-0.15, -0.1) is 0 Å². The number of aliphatic hydroxyl groups excluding tert-OH is 5. The van der Waals surface area contributed by atoms with Crippen molar-refractivity contribution in [2.45, 2.75) is 24.4 Å². The Hall–Kier alpha value is -2.76. The van der Waals surface area contributed by atoms with Crippen LogP contribution < -0.4 is 18.9 Å². The lowest BCUT2D eigenvalue weighted by molar-refractivity contribution is -0.0158. The van der Waals surface area contributed by atoms with Crippen LogP contribution in [0.2, 0.25) is 0 Å². The first kappa shape index (κ1) is 24.5. The Morgan fingerprint density at radius 2 is 1.29 bits per heavy atom. The first-order valence-corrected chi connectivity index (χ1v) is 9.36. The van der Waals surface area contributed by atoms with E-state index in [-0.39, 0.29) is 34.3 Å². The summed E-state index contributed by atoms with van der Waals surface area (Å²) in [6.45, 7) is -1.23. The normalized spacial score (nSPS) is 15.0. The molecule has 0 bridgehead atoms. The highest BCUT2D eigenvalue weighted by atomic mass is 16.6. The van der Waals surface area contributed by atoms with Gasteiger partial charge in [0.15, 0.2) is 29.1 Å². The number of ether oxygens (including phenoxy) is 4. The summed E-state index contributed by atoms with van der Waals surface area (Å²) in [7, 11) is 4.05. The van der Waals surface area contributed by atoms with E-state index in [2.05, 4.69) is 0 Å². The van der Waals surface area contributed by atoms with Crippen molar-refractivity contribution in [3.63, 3.8) is 0 Å². The summed E-state index contributed by atoms with van der Waals surface area (Å²) in [6, 6.07) is 6.97. The average molecular weight is 440 g/mol. The molecule has 4 atom stereocenters. The molecule has 0 fully saturated rings. The Balaban J connectivity index is 2.40. The second kappa shape index (κ2) is 11.0. The van der Waals surface area contributed by atoms with Crippen LogP contribution in [0.15, 0.2) is 30.3 Å². The number of hydrogen-bond donors (Lipinski definition) is 6. The SMILES string of the molecule is COc1cc([C@H](O)[C@@H](CO)Oc2c(OC)cc([C@@H](O)[C@H](O)CO)cc2OC)ccc1O. The van der Waals surface area contributed by atoms with Crippen molar-refractivity contribution in [1.29, 1.82) is 0 Å². The van der Waals surface area contributed by atoms with E-state index in [1.165, 1.54) is 51.7 Å². The number of phenols is 1. The number of rotatable bonds is 11. The largest absolute Gasteiger partial charge is 0.504 e. The predicted molar refractivity (Wildman–Crippen MR) is 109 cm³/mol. The van der Waals surface area contributed by atoms with Crippen LogP contribution in [0.1, 0.15) is 23.3 Å². The van der Waals surface area contributed by atoms with Crippen molar-refractivity contribution in [2.24, 2.45) is 0 Å². The molecule has 0 spiro atoms. The van der Waals surface area contributed by atoms with Crippen LogP contribution in [-0.4, -0.2) is 77.4 Å². The average Bonchev–Trinajstić information content (AvgIpc) is 2.80. The summed E-state index contributed by atoms with van der Waals surface area (Å²) >= 11 is 0. The topological polar surface area (TPSA) is 158 Å². The molecule has 0 unspecified atom stereocenters. The first-order chi connectivity index (χ1) is 14.8. The third-order valence-electron chi connectivity index (χ3n) is 4.72. The van der Waals surface area contributed by atoms with Crippen molar-refractivity contribution in [3.05, 3.63) is 41.5 Å². The maximum Gasteiger partial charge on any atom is 0.204 e. The molecule has 31 heavy (non-hydrogen) atoms. The number of hydrogen-bond acceptors (Lipinski definition) is 10. The van der Waals surface area contributed by atoms with Gasteiger partial charge in [-0.05, 0) is 35.4 Å². The van der Waals surface area contributed by atoms with Gasteiger partial charge in [-0.3, -0.25) is 0 Å². The number of methoxy groups -OCH3 is 3. The molecule has 0 aliphatic rings. The number of aliphatic hydroxyl groups is 5. The van der Waals surface area contributed by atoms with Crippen molar-refractivity contribution < 1.29 is 49.6 Å². The lowest BCUT2D eigenvalue weighted by Gasteiger charge is -2.26. The molecule has 0 radical (unpaired) electrons. The molecule has 0 saturated heterocycles. The zero-order valence-corrected chi connectivity index (χ0v) is 17.4. The van der Waals surface area contributed by atoms with Gasteiger partial charge in [0.25, 0.3) is 0 Å². The Kier molecular flexibility index (Phi) is 8.72. The van der Waals surface area contributed by atoms with Gasteiger partial charge in [0.2, 0.25) is 5.75 Å². The summed E-state index contributed by atoms with van der Waals surface area (Å²) in [5.41, 5.74) is 0.525. The van der Waals surface area contributed by atoms with Crippen LogP contribution in [-0.2, 0) is 0 Å². The summed E-state index contributed by atoms with van der Waals surface area (Å²) < 4.78 is 21.4. The molecular weight excluding hydrogens is 412 g/mol. The Bertz CT molecular complexity index is 831. The van der Waals surface area contributed by atoms with Crippen LogP contribution in [0, 0.1) is 0 Å². The van der Waals surface area contributed by atoms with E-state index >= 15 is 0 Å². The van der Waals surface area contributed by atoms with E-state index < -0.39 is 37.6 Å². The van der Waals surface area contributed by atoms with Crippen LogP contribution >= 0.6 is 0 Å². The minimum Gasteiger partial charge on any atom is -0.504 e. The standard InChI is InChI=1S/C21H28O10/c1-28-15-6-11(4-5-13(15)24)20(27)18(10-23)31-21-16(29-2)7-12(8-17(21)30-3)19(26)14(25)9-22/h4-8,14,18-20,22-27H,9-10H2,1-3H3/t14-,18-,19-,20+/m1/s1. The highest BCUT2D eigenvalue weighted by Crippen LogP contribution is 2.42. The summed E-state index contributed by atoms with van der Waals surface area (Å²) in [4.78, 5) is 0. The maximum absolute atomic E-state index is 10.7. The zero-order chi connectivity index (χ0) is 23.1. The molecule has 0 aliphatic carbocycles. The lowest BCUT2D eigenvalue weighted by Crippen LogP contribution is -2.29. The van der Waals surface area contributed by atoms with E-state index in [0.717, 1.165) is 0 Å². The molecule has 0 saturated carbocycles. The fourth-order valence-electron chi connectivity index (χ4n) is 2.95. The van der Waals surface area contributed by atoms with Gasteiger partial charge in [0, 0.05) is 0 Å². The lowest BCUT2D eigenvalue weighted by atomic mass is 10.0. The van der Waals surface area contributed by atoms with Crippen molar-refractivity contribution in [2.75, 3.05) is 34.5 Å². The number of aromatic hydroxyl groups is 1. The third-order valence-corrected chi connectivity index (χ3v) is 4.72. The quantitative estimate of drug-likeness (QED) is 0.287. The minimum atomic E-state index is -1.42. The van der Waals surface area contributed by atoms with E-state index in [9.17, 15) is 25.5 Å². The van der Waals surface area contributed by atoms with Gasteiger partial charge in [-0.1, -0.05) is 6.07 Å². The fraction of sp³-hybridized carbons (Fsp3) is 0.429. The first-order valence-electron chi connectivity index (χ1n) is 9.36. The molecule has 0 amide bonds. The predicted octanol–water partition coefficient (Wildman–Crippen LogP) is 0.278. The minimum absolute atomic E-state index is 0.0447. The zero-order valence-electron chi connectivity index (χ0n) is 17.4. The van der Waals surface area contributed by atoms with Crippen LogP contribution in [0.4, 0.5) is 0 Å². The molecule has 2 aromatic carbocycles. The maximum atomic E-state index is 10.7. The van der Waals surface area contributed by atoms with Gasteiger partial charge in [0.05, 0.1) is 34.5 Å². The van der Waals surface area contributed by atoms with E-state index in [1.54, 1.807) is 0 Å².